The average Bonchev–Trinajstić information content (AvgIpc) is 3.10. The van der Waals surface area contributed by atoms with Crippen LogP contribution in [0.4, 0.5) is 14.9 Å². The van der Waals surface area contributed by atoms with E-state index in [9.17, 15) is 14.0 Å². The zero-order valence-electron chi connectivity index (χ0n) is 13.7. The molecule has 1 N–H and O–H groups in total. The highest BCUT2D eigenvalue weighted by Gasteiger charge is 2.31. The van der Waals surface area contributed by atoms with Crippen molar-refractivity contribution in [2.75, 3.05) is 18.4 Å². The maximum atomic E-state index is 13.6. The lowest BCUT2D eigenvalue weighted by atomic mass is 9.98. The maximum absolute atomic E-state index is 13.6. The van der Waals surface area contributed by atoms with Crippen LogP contribution >= 0.6 is 0 Å². The van der Waals surface area contributed by atoms with Crippen molar-refractivity contribution < 1.29 is 18.7 Å². The second-order valence-corrected chi connectivity index (χ2v) is 6.54. The number of likely N-dealkylation sites (tertiary alicyclic amines) is 1. The van der Waals surface area contributed by atoms with E-state index in [0.717, 1.165) is 38.5 Å². The largest absolute Gasteiger partial charge is 0.462 e. The molecule has 24 heavy (non-hydrogen) atoms. The number of anilines is 1. The number of nitrogens with one attached hydrogen (secondary N) is 1. The first kappa shape index (κ1) is 16.7. The van der Waals surface area contributed by atoms with Gasteiger partial charge >= 0.3 is 12.0 Å². The number of rotatable bonds is 3. The minimum absolute atomic E-state index is 0.0418. The fraction of sp³-hybridized carbons (Fsp3) is 0.556. The van der Waals surface area contributed by atoms with Crippen molar-refractivity contribution in [1.82, 2.24) is 4.90 Å². The van der Waals surface area contributed by atoms with Crippen LogP contribution in [0.5, 0.6) is 0 Å². The number of nitrogens with zero attached hydrogens (tertiary/aromatic N) is 1. The molecular weight excluding hydrogens is 311 g/mol. The van der Waals surface area contributed by atoms with Crippen LogP contribution in [0.2, 0.25) is 0 Å². The van der Waals surface area contributed by atoms with E-state index in [1.807, 2.05) is 0 Å². The number of halogens is 1. The highest BCUT2D eigenvalue weighted by molar-refractivity contribution is 5.90. The molecule has 1 heterocycles. The zero-order chi connectivity index (χ0) is 16.9. The summed E-state index contributed by atoms with van der Waals surface area (Å²) in [6, 6.07) is 5.67. The molecule has 1 aliphatic carbocycles. The predicted octanol–water partition coefficient (Wildman–Crippen LogP) is 3.56. The predicted molar refractivity (Wildman–Crippen MR) is 88.1 cm³/mol. The van der Waals surface area contributed by atoms with Crippen LogP contribution in [-0.2, 0) is 9.53 Å². The molecule has 1 atom stereocenters. The molecule has 0 bridgehead atoms. The van der Waals surface area contributed by atoms with Gasteiger partial charge in [-0.3, -0.25) is 4.79 Å². The summed E-state index contributed by atoms with van der Waals surface area (Å²) in [7, 11) is 0. The highest BCUT2D eigenvalue weighted by Crippen LogP contribution is 2.25. The van der Waals surface area contributed by atoms with Gasteiger partial charge in [0.2, 0.25) is 0 Å². The molecule has 0 aromatic heterocycles. The van der Waals surface area contributed by atoms with Crippen LogP contribution in [0.1, 0.15) is 38.5 Å². The Morgan fingerprint density at radius 3 is 2.62 bits per heavy atom. The summed E-state index contributed by atoms with van der Waals surface area (Å²) < 4.78 is 19.2. The van der Waals surface area contributed by atoms with Gasteiger partial charge in [0.25, 0.3) is 0 Å². The zero-order valence-corrected chi connectivity index (χ0v) is 13.7. The molecule has 130 valence electrons. The molecule has 0 radical (unpaired) electrons. The van der Waals surface area contributed by atoms with Gasteiger partial charge in [0.05, 0.1) is 11.6 Å². The molecular formula is C18H23FN2O3. The number of benzene rings is 1. The third kappa shape index (κ3) is 4.04. The summed E-state index contributed by atoms with van der Waals surface area (Å²) in [6.45, 7) is 0.888. The summed E-state index contributed by atoms with van der Waals surface area (Å²) in [5, 5.41) is 2.57. The van der Waals surface area contributed by atoms with E-state index < -0.39 is 5.82 Å². The van der Waals surface area contributed by atoms with E-state index in [1.165, 1.54) is 12.1 Å². The Morgan fingerprint density at radius 2 is 1.88 bits per heavy atom. The molecule has 2 amide bonds. The lowest BCUT2D eigenvalue weighted by Gasteiger charge is -2.32. The fourth-order valence-electron chi connectivity index (χ4n) is 3.38. The van der Waals surface area contributed by atoms with Crippen molar-refractivity contribution in [2.45, 2.75) is 44.6 Å². The third-order valence-corrected chi connectivity index (χ3v) is 4.74. The quantitative estimate of drug-likeness (QED) is 0.860. The first-order chi connectivity index (χ1) is 11.6. The van der Waals surface area contributed by atoms with Crippen LogP contribution in [-0.4, -0.2) is 36.1 Å². The molecule has 1 aromatic carbocycles. The molecule has 6 heteroatoms. The molecule has 1 saturated heterocycles. The van der Waals surface area contributed by atoms with Gasteiger partial charge in [-0.25, -0.2) is 9.18 Å². The Labute approximate surface area is 141 Å². The summed E-state index contributed by atoms with van der Waals surface area (Å²) in [6.07, 6.45) is 5.62. The Bertz CT molecular complexity index is 602. The van der Waals surface area contributed by atoms with Gasteiger partial charge in [-0.2, -0.15) is 0 Å². The summed E-state index contributed by atoms with van der Waals surface area (Å²) in [5.41, 5.74) is 0.151. The molecule has 1 saturated carbocycles. The van der Waals surface area contributed by atoms with E-state index in [4.69, 9.17) is 4.74 Å². The van der Waals surface area contributed by atoms with Crippen LogP contribution in [0.3, 0.4) is 0 Å². The molecule has 1 aliphatic heterocycles. The summed E-state index contributed by atoms with van der Waals surface area (Å²) >= 11 is 0. The number of hydrogen-bond donors (Lipinski definition) is 1. The minimum atomic E-state index is -0.472. The van der Waals surface area contributed by atoms with Crippen molar-refractivity contribution in [3.8, 4) is 0 Å². The summed E-state index contributed by atoms with van der Waals surface area (Å²) in [4.78, 5) is 26.2. The Kier molecular flexibility index (Phi) is 5.33. The van der Waals surface area contributed by atoms with Gasteiger partial charge in [0, 0.05) is 13.1 Å². The number of carbonyl (C=O) groups excluding carboxylic acids is 2. The molecule has 0 spiro atoms. The number of piperidine rings is 1. The Hall–Kier alpha value is -2.11. The van der Waals surface area contributed by atoms with Crippen LogP contribution in [0.25, 0.3) is 0 Å². The first-order valence-electron chi connectivity index (χ1n) is 8.64. The minimum Gasteiger partial charge on any atom is -0.462 e. The standard InChI is InChI=1S/C18H23FN2O3/c19-15-9-3-4-10-16(15)20-18(23)21-11-5-6-13(12-21)17(22)24-14-7-1-2-8-14/h3-4,9-10,13-14H,1-2,5-8,11-12H2,(H,20,23)/t13-/m1/s1. The number of urea groups is 1. The second kappa shape index (κ2) is 7.64. The molecule has 2 fully saturated rings. The van der Waals surface area contributed by atoms with Crippen molar-refractivity contribution in [1.29, 1.82) is 0 Å². The average molecular weight is 334 g/mol. The number of para-hydroxylation sites is 1. The van der Waals surface area contributed by atoms with Gasteiger partial charge in [-0.1, -0.05) is 12.1 Å². The monoisotopic (exact) mass is 334 g/mol. The van der Waals surface area contributed by atoms with Crippen LogP contribution in [0.15, 0.2) is 24.3 Å². The number of amides is 2. The SMILES string of the molecule is O=C(OC1CCCC1)[C@@H]1CCCN(C(=O)Nc2ccccc2F)C1. The van der Waals surface area contributed by atoms with Gasteiger partial charge in [0.1, 0.15) is 11.9 Å². The first-order valence-corrected chi connectivity index (χ1v) is 8.64. The molecule has 5 nitrogen and oxygen atoms in total. The van der Waals surface area contributed by atoms with Gasteiger partial charge in [-0.05, 0) is 50.7 Å². The molecule has 1 aromatic rings. The molecule has 2 aliphatic rings. The van der Waals surface area contributed by atoms with E-state index in [2.05, 4.69) is 5.32 Å². The van der Waals surface area contributed by atoms with Crippen molar-refractivity contribution in [2.24, 2.45) is 5.92 Å². The number of esters is 1. The second-order valence-electron chi connectivity index (χ2n) is 6.54. The lowest BCUT2D eigenvalue weighted by Crippen LogP contribution is -2.45. The number of hydrogen-bond acceptors (Lipinski definition) is 3. The van der Waals surface area contributed by atoms with E-state index >= 15 is 0 Å². The number of ether oxygens (including phenoxy) is 1. The van der Waals surface area contributed by atoms with Gasteiger partial charge in [-0.15, -0.1) is 0 Å². The third-order valence-electron chi connectivity index (χ3n) is 4.74. The van der Waals surface area contributed by atoms with Crippen LogP contribution < -0.4 is 5.32 Å². The lowest BCUT2D eigenvalue weighted by molar-refractivity contribution is -0.155. The summed E-state index contributed by atoms with van der Waals surface area (Å²) in [5.74, 6) is -0.962. The van der Waals surface area contributed by atoms with Gasteiger partial charge in [0.15, 0.2) is 0 Å². The Balaban J connectivity index is 1.55. The van der Waals surface area contributed by atoms with Gasteiger partial charge < -0.3 is 15.0 Å². The normalized spacial score (nSPS) is 21.5. The van der Waals surface area contributed by atoms with Crippen LogP contribution in [0, 0.1) is 11.7 Å². The fourth-order valence-corrected chi connectivity index (χ4v) is 3.38. The molecule has 0 unspecified atom stereocenters. The molecule has 3 rings (SSSR count). The number of carbonyl (C=O) groups is 2. The highest BCUT2D eigenvalue weighted by atomic mass is 19.1. The van der Waals surface area contributed by atoms with Crippen molar-refractivity contribution >= 4 is 17.7 Å². The van der Waals surface area contributed by atoms with Crippen molar-refractivity contribution in [3.63, 3.8) is 0 Å². The maximum Gasteiger partial charge on any atom is 0.321 e. The smallest absolute Gasteiger partial charge is 0.321 e. The topological polar surface area (TPSA) is 58.6 Å². The Morgan fingerprint density at radius 1 is 1.12 bits per heavy atom. The van der Waals surface area contributed by atoms with E-state index in [0.29, 0.717) is 13.1 Å². The van der Waals surface area contributed by atoms with E-state index in [1.54, 1.807) is 17.0 Å². The van der Waals surface area contributed by atoms with E-state index in [-0.39, 0.29) is 29.7 Å². The van der Waals surface area contributed by atoms with Crippen molar-refractivity contribution in [3.05, 3.63) is 30.1 Å².